The number of hydrogen-bond donors (Lipinski definition) is 0. The van der Waals surface area contributed by atoms with Crippen LogP contribution in [0.15, 0.2) is 48.3 Å². The van der Waals surface area contributed by atoms with Crippen LogP contribution in [0.3, 0.4) is 0 Å². The molecule has 3 rings (SSSR count). The highest BCUT2D eigenvalue weighted by atomic mass is 32.2. The Labute approximate surface area is 128 Å². The van der Waals surface area contributed by atoms with Crippen molar-refractivity contribution in [3.05, 3.63) is 59.9 Å². The zero-order chi connectivity index (χ0) is 14.8. The number of benzene rings is 1. The predicted octanol–water partition coefficient (Wildman–Crippen LogP) is 3.51. The first-order chi connectivity index (χ1) is 10.1. The van der Waals surface area contributed by atoms with Gasteiger partial charge in [0.15, 0.2) is 5.16 Å². The fraction of sp³-hybridized carbons (Fsp3) is 0.250. The molecule has 0 aliphatic rings. The van der Waals surface area contributed by atoms with Gasteiger partial charge >= 0.3 is 0 Å². The molecule has 0 spiro atoms. The number of nitrogens with zero attached hydrogens (tertiary/aromatic N) is 4. The van der Waals surface area contributed by atoms with Crippen molar-refractivity contribution in [3.63, 3.8) is 0 Å². The summed E-state index contributed by atoms with van der Waals surface area (Å²) in [6.07, 6.45) is 7.59. The number of hydrogen-bond acceptors (Lipinski definition) is 3. The van der Waals surface area contributed by atoms with Crippen LogP contribution in [0.4, 0.5) is 0 Å². The van der Waals surface area contributed by atoms with E-state index in [4.69, 9.17) is 0 Å². The van der Waals surface area contributed by atoms with Gasteiger partial charge in [0, 0.05) is 42.8 Å². The first-order valence-corrected chi connectivity index (χ1v) is 7.82. The Morgan fingerprint density at radius 2 is 1.90 bits per heavy atom. The Hall–Kier alpha value is -2.01. The van der Waals surface area contributed by atoms with Gasteiger partial charge in [0.25, 0.3) is 0 Å². The molecule has 0 aliphatic carbocycles. The van der Waals surface area contributed by atoms with Crippen LogP contribution < -0.4 is 0 Å². The van der Waals surface area contributed by atoms with E-state index in [1.165, 1.54) is 16.8 Å². The third kappa shape index (κ3) is 3.03. The highest BCUT2D eigenvalue weighted by molar-refractivity contribution is 7.98. The van der Waals surface area contributed by atoms with Gasteiger partial charge in [-0.3, -0.25) is 4.57 Å². The maximum absolute atomic E-state index is 4.48. The molecule has 3 aromatic rings. The van der Waals surface area contributed by atoms with Crippen molar-refractivity contribution in [2.24, 2.45) is 7.05 Å². The predicted molar refractivity (Wildman–Crippen MR) is 85.8 cm³/mol. The van der Waals surface area contributed by atoms with Crippen molar-refractivity contribution in [2.75, 3.05) is 0 Å². The minimum Gasteiger partial charge on any atom is -0.337 e. The number of aromatic nitrogens is 4. The number of thioether (sulfide) groups is 1. The molecule has 0 fully saturated rings. The Kier molecular flexibility index (Phi) is 3.84. The minimum absolute atomic E-state index is 0.859. The van der Waals surface area contributed by atoms with E-state index in [9.17, 15) is 0 Å². The summed E-state index contributed by atoms with van der Waals surface area (Å²) in [5.74, 6) is 0.859. The summed E-state index contributed by atoms with van der Waals surface area (Å²) in [5.41, 5.74) is 4.88. The van der Waals surface area contributed by atoms with Crippen LogP contribution in [0, 0.1) is 13.8 Å². The van der Waals surface area contributed by atoms with Gasteiger partial charge < -0.3 is 4.57 Å². The Morgan fingerprint density at radius 1 is 1.14 bits per heavy atom. The first-order valence-electron chi connectivity index (χ1n) is 6.83. The maximum atomic E-state index is 4.48. The molecule has 0 amide bonds. The standard InChI is InChI=1S/C16H18N4S/c1-12-6-13(2)8-14(7-12)20-5-4-18-16(20)21-10-15-9-17-11-19(15)3/h4-9,11H,10H2,1-3H3. The van der Waals surface area contributed by atoms with Gasteiger partial charge in [0.05, 0.1) is 6.33 Å². The topological polar surface area (TPSA) is 35.6 Å². The van der Waals surface area contributed by atoms with Gasteiger partial charge in [0.2, 0.25) is 0 Å². The minimum atomic E-state index is 0.859. The summed E-state index contributed by atoms with van der Waals surface area (Å²) in [6.45, 7) is 4.24. The third-order valence-corrected chi connectivity index (χ3v) is 4.36. The zero-order valence-corrected chi connectivity index (χ0v) is 13.3. The second-order valence-corrected chi connectivity index (χ2v) is 6.15. The summed E-state index contributed by atoms with van der Waals surface area (Å²) in [6, 6.07) is 6.55. The van der Waals surface area contributed by atoms with Crippen LogP contribution in [0.1, 0.15) is 16.8 Å². The van der Waals surface area contributed by atoms with Gasteiger partial charge in [-0.2, -0.15) is 0 Å². The van der Waals surface area contributed by atoms with Gasteiger partial charge in [-0.25, -0.2) is 9.97 Å². The molecule has 4 nitrogen and oxygen atoms in total. The van der Waals surface area contributed by atoms with Crippen LogP contribution in [-0.4, -0.2) is 19.1 Å². The lowest BCUT2D eigenvalue weighted by molar-refractivity contribution is 0.859. The molecule has 0 saturated carbocycles. The monoisotopic (exact) mass is 298 g/mol. The van der Waals surface area contributed by atoms with Crippen LogP contribution in [0.25, 0.3) is 5.69 Å². The number of imidazole rings is 2. The third-order valence-electron chi connectivity index (χ3n) is 3.36. The largest absolute Gasteiger partial charge is 0.337 e. The molecule has 2 aromatic heterocycles. The van der Waals surface area contributed by atoms with E-state index in [-0.39, 0.29) is 0 Å². The van der Waals surface area contributed by atoms with Crippen molar-refractivity contribution < 1.29 is 0 Å². The normalized spacial score (nSPS) is 11.0. The van der Waals surface area contributed by atoms with E-state index in [1.54, 1.807) is 11.8 Å². The zero-order valence-electron chi connectivity index (χ0n) is 12.4. The van der Waals surface area contributed by atoms with E-state index in [1.807, 2.05) is 36.5 Å². The molecule has 2 heterocycles. The molecule has 21 heavy (non-hydrogen) atoms. The summed E-state index contributed by atoms with van der Waals surface area (Å²) in [4.78, 5) is 8.63. The van der Waals surface area contributed by atoms with Crippen LogP contribution >= 0.6 is 11.8 Å². The summed E-state index contributed by atoms with van der Waals surface area (Å²) in [7, 11) is 2.01. The lowest BCUT2D eigenvalue weighted by Crippen LogP contribution is -1.98. The SMILES string of the molecule is Cc1cc(C)cc(-n2ccnc2SCc2cncn2C)c1. The average Bonchev–Trinajstić information content (AvgIpc) is 3.04. The number of rotatable bonds is 4. The molecule has 0 N–H and O–H groups in total. The fourth-order valence-electron chi connectivity index (χ4n) is 2.34. The Bertz CT molecular complexity index is 737. The van der Waals surface area contributed by atoms with Gasteiger partial charge in [-0.15, -0.1) is 0 Å². The molecule has 0 saturated heterocycles. The molecule has 5 heteroatoms. The Morgan fingerprint density at radius 3 is 2.57 bits per heavy atom. The highest BCUT2D eigenvalue weighted by Gasteiger charge is 2.08. The van der Waals surface area contributed by atoms with Crippen molar-refractivity contribution in [3.8, 4) is 5.69 Å². The quantitative estimate of drug-likeness (QED) is 0.691. The molecule has 0 radical (unpaired) electrons. The summed E-state index contributed by atoms with van der Waals surface area (Å²) < 4.78 is 4.18. The van der Waals surface area contributed by atoms with E-state index in [0.29, 0.717) is 0 Å². The van der Waals surface area contributed by atoms with Crippen molar-refractivity contribution in [1.82, 2.24) is 19.1 Å². The second-order valence-electron chi connectivity index (χ2n) is 5.21. The first kappa shape index (κ1) is 13.9. The van der Waals surface area contributed by atoms with Gasteiger partial charge in [0.1, 0.15) is 0 Å². The van der Waals surface area contributed by atoms with Gasteiger partial charge in [-0.05, 0) is 37.1 Å². The van der Waals surface area contributed by atoms with Crippen LogP contribution in [0.5, 0.6) is 0 Å². The molecule has 0 unspecified atom stereocenters. The highest BCUT2D eigenvalue weighted by Crippen LogP contribution is 2.24. The van der Waals surface area contributed by atoms with Crippen molar-refractivity contribution in [2.45, 2.75) is 24.8 Å². The molecule has 0 atom stereocenters. The van der Waals surface area contributed by atoms with Crippen LogP contribution in [0.2, 0.25) is 0 Å². The summed E-state index contributed by atoms with van der Waals surface area (Å²) >= 11 is 1.72. The molecular weight excluding hydrogens is 280 g/mol. The Balaban J connectivity index is 1.85. The fourth-order valence-corrected chi connectivity index (χ4v) is 3.34. The molecular formula is C16H18N4S. The lowest BCUT2D eigenvalue weighted by atomic mass is 10.1. The average molecular weight is 298 g/mol. The van der Waals surface area contributed by atoms with E-state index >= 15 is 0 Å². The van der Waals surface area contributed by atoms with E-state index < -0.39 is 0 Å². The molecule has 108 valence electrons. The molecule has 0 bridgehead atoms. The van der Waals surface area contributed by atoms with Gasteiger partial charge in [-0.1, -0.05) is 17.8 Å². The second kappa shape index (κ2) is 5.77. The van der Waals surface area contributed by atoms with Crippen molar-refractivity contribution >= 4 is 11.8 Å². The number of aryl methyl sites for hydroxylation is 3. The van der Waals surface area contributed by atoms with E-state index in [2.05, 4.69) is 46.6 Å². The maximum Gasteiger partial charge on any atom is 0.172 e. The lowest BCUT2D eigenvalue weighted by Gasteiger charge is -2.09. The summed E-state index contributed by atoms with van der Waals surface area (Å²) in [5, 5.41) is 1.00. The van der Waals surface area contributed by atoms with E-state index in [0.717, 1.165) is 16.6 Å². The van der Waals surface area contributed by atoms with Crippen LogP contribution in [-0.2, 0) is 12.8 Å². The molecule has 1 aromatic carbocycles. The van der Waals surface area contributed by atoms with Crippen molar-refractivity contribution in [1.29, 1.82) is 0 Å². The smallest absolute Gasteiger partial charge is 0.172 e. The molecule has 0 aliphatic heterocycles.